The van der Waals surface area contributed by atoms with Gasteiger partial charge in [-0.25, -0.2) is 13.2 Å². The molecule has 1 rings (SSSR count). The van der Waals surface area contributed by atoms with Crippen LogP contribution in [-0.4, -0.2) is 61.2 Å². The summed E-state index contributed by atoms with van der Waals surface area (Å²) in [5.41, 5.74) is 0. The summed E-state index contributed by atoms with van der Waals surface area (Å²) < 4.78 is 27.3. The molecule has 1 amide bonds. The highest BCUT2D eigenvalue weighted by Gasteiger charge is 2.36. The predicted molar refractivity (Wildman–Crippen MR) is 58.4 cm³/mol. The van der Waals surface area contributed by atoms with Gasteiger partial charge in [0.1, 0.15) is 6.54 Å². The normalized spacial score (nSPS) is 22.1. The molecule has 1 aliphatic heterocycles. The maximum Gasteiger partial charge on any atom is 0.410 e. The zero-order chi connectivity index (χ0) is 13.1. The van der Waals surface area contributed by atoms with E-state index in [4.69, 9.17) is 9.84 Å². The van der Waals surface area contributed by atoms with Crippen LogP contribution in [0.1, 0.15) is 13.3 Å². The van der Waals surface area contributed by atoms with E-state index in [-0.39, 0.29) is 24.5 Å². The molecule has 1 heterocycles. The van der Waals surface area contributed by atoms with Crippen LogP contribution in [0.4, 0.5) is 4.79 Å². The van der Waals surface area contributed by atoms with Crippen molar-refractivity contribution in [2.45, 2.75) is 19.4 Å². The van der Waals surface area contributed by atoms with Crippen molar-refractivity contribution in [2.75, 3.05) is 24.7 Å². The third kappa shape index (κ3) is 3.88. The Morgan fingerprint density at radius 3 is 2.53 bits per heavy atom. The second kappa shape index (κ2) is 5.35. The highest BCUT2D eigenvalue weighted by molar-refractivity contribution is 7.91. The molecular formula is C9H15NO6S. The van der Waals surface area contributed by atoms with Crippen molar-refractivity contribution < 1.29 is 27.9 Å². The standard InChI is InChI=1S/C9H15NO6S/c1-2-16-9(13)10(5-8(11)12)7-3-4-17(14,15)6-7/h7H,2-6H2,1H3,(H,11,12). The molecule has 1 unspecified atom stereocenters. The molecular weight excluding hydrogens is 250 g/mol. The highest BCUT2D eigenvalue weighted by Crippen LogP contribution is 2.18. The molecule has 0 radical (unpaired) electrons. The summed E-state index contributed by atoms with van der Waals surface area (Å²) >= 11 is 0. The maximum absolute atomic E-state index is 11.5. The van der Waals surface area contributed by atoms with Crippen molar-refractivity contribution >= 4 is 21.9 Å². The van der Waals surface area contributed by atoms with Crippen LogP contribution in [0.5, 0.6) is 0 Å². The van der Waals surface area contributed by atoms with Crippen LogP contribution in [0, 0.1) is 0 Å². The van der Waals surface area contributed by atoms with E-state index >= 15 is 0 Å². The van der Waals surface area contributed by atoms with Gasteiger partial charge in [0.25, 0.3) is 0 Å². The number of sulfone groups is 1. The number of carbonyl (C=O) groups excluding carboxylic acids is 1. The van der Waals surface area contributed by atoms with Gasteiger partial charge in [0, 0.05) is 0 Å². The molecule has 0 spiro atoms. The first kappa shape index (κ1) is 13.8. The van der Waals surface area contributed by atoms with Gasteiger partial charge < -0.3 is 9.84 Å². The summed E-state index contributed by atoms with van der Waals surface area (Å²) in [5, 5.41) is 8.69. The zero-order valence-corrected chi connectivity index (χ0v) is 10.3. The van der Waals surface area contributed by atoms with Crippen LogP contribution in [0.25, 0.3) is 0 Å². The second-order valence-electron chi connectivity index (χ2n) is 3.78. The lowest BCUT2D eigenvalue weighted by atomic mass is 10.2. The Balaban J connectivity index is 2.76. The minimum atomic E-state index is -3.17. The minimum absolute atomic E-state index is 0.0206. The first-order chi connectivity index (χ1) is 7.85. The number of carboxylic acid groups (broad SMARTS) is 1. The van der Waals surface area contributed by atoms with Gasteiger partial charge in [0.15, 0.2) is 9.84 Å². The van der Waals surface area contributed by atoms with Crippen LogP contribution in [0.15, 0.2) is 0 Å². The van der Waals surface area contributed by atoms with Crippen molar-refractivity contribution in [3.8, 4) is 0 Å². The van der Waals surface area contributed by atoms with Crippen molar-refractivity contribution in [1.82, 2.24) is 4.90 Å². The number of rotatable bonds is 4. The van der Waals surface area contributed by atoms with Gasteiger partial charge in [-0.05, 0) is 13.3 Å². The summed E-state index contributed by atoms with van der Waals surface area (Å²) in [6.45, 7) is 1.18. The maximum atomic E-state index is 11.5. The van der Waals surface area contributed by atoms with E-state index in [9.17, 15) is 18.0 Å². The average Bonchev–Trinajstić information content (AvgIpc) is 2.55. The van der Waals surface area contributed by atoms with E-state index in [2.05, 4.69) is 0 Å². The van der Waals surface area contributed by atoms with Crippen molar-refractivity contribution in [3.05, 3.63) is 0 Å². The molecule has 0 aromatic carbocycles. The van der Waals surface area contributed by atoms with E-state index in [1.807, 2.05) is 0 Å². The Kier molecular flexibility index (Phi) is 4.33. The molecule has 1 fully saturated rings. The number of hydrogen-bond donors (Lipinski definition) is 1. The number of carbonyl (C=O) groups is 2. The van der Waals surface area contributed by atoms with E-state index in [0.29, 0.717) is 0 Å². The fraction of sp³-hybridized carbons (Fsp3) is 0.778. The molecule has 17 heavy (non-hydrogen) atoms. The van der Waals surface area contributed by atoms with Gasteiger partial charge in [-0.2, -0.15) is 0 Å². The topological polar surface area (TPSA) is 101 Å². The molecule has 0 aromatic rings. The molecule has 7 nitrogen and oxygen atoms in total. The molecule has 1 saturated heterocycles. The largest absolute Gasteiger partial charge is 0.480 e. The first-order valence-electron chi connectivity index (χ1n) is 5.21. The monoisotopic (exact) mass is 265 g/mol. The van der Waals surface area contributed by atoms with Gasteiger partial charge in [-0.3, -0.25) is 9.69 Å². The summed E-state index contributed by atoms with van der Waals surface area (Å²) in [5.74, 6) is -1.41. The lowest BCUT2D eigenvalue weighted by Crippen LogP contribution is -2.44. The van der Waals surface area contributed by atoms with E-state index in [1.54, 1.807) is 6.92 Å². The number of carboxylic acids is 1. The molecule has 0 bridgehead atoms. The highest BCUT2D eigenvalue weighted by atomic mass is 32.2. The van der Waals surface area contributed by atoms with Gasteiger partial charge in [-0.15, -0.1) is 0 Å². The third-order valence-corrected chi connectivity index (χ3v) is 4.21. The second-order valence-corrected chi connectivity index (χ2v) is 6.01. The Labute approximate surface area is 99.3 Å². The van der Waals surface area contributed by atoms with E-state index in [0.717, 1.165) is 4.90 Å². The number of amides is 1. The summed E-state index contributed by atoms with van der Waals surface area (Å²) in [6.07, 6.45) is -0.522. The number of ether oxygens (including phenoxy) is 1. The summed E-state index contributed by atoms with van der Waals surface area (Å²) in [7, 11) is -3.17. The Morgan fingerprint density at radius 2 is 2.12 bits per heavy atom. The van der Waals surface area contributed by atoms with Crippen LogP contribution in [0.3, 0.4) is 0 Å². The lowest BCUT2D eigenvalue weighted by Gasteiger charge is -2.25. The van der Waals surface area contributed by atoms with Gasteiger partial charge >= 0.3 is 12.1 Å². The van der Waals surface area contributed by atoms with Crippen molar-refractivity contribution in [2.24, 2.45) is 0 Å². The SMILES string of the molecule is CCOC(=O)N(CC(=O)O)C1CCS(=O)(=O)C1. The van der Waals surface area contributed by atoms with Crippen molar-refractivity contribution in [3.63, 3.8) is 0 Å². The van der Waals surface area contributed by atoms with Crippen molar-refractivity contribution in [1.29, 1.82) is 0 Å². The summed E-state index contributed by atoms with van der Waals surface area (Å²) in [4.78, 5) is 23.1. The number of nitrogens with zero attached hydrogens (tertiary/aromatic N) is 1. The fourth-order valence-corrected chi connectivity index (χ4v) is 3.45. The quantitative estimate of drug-likeness (QED) is 0.750. The van der Waals surface area contributed by atoms with Gasteiger partial charge in [-0.1, -0.05) is 0 Å². The lowest BCUT2D eigenvalue weighted by molar-refractivity contribution is -0.138. The Hall–Kier alpha value is -1.31. The van der Waals surface area contributed by atoms with Crippen LogP contribution in [0.2, 0.25) is 0 Å². The van der Waals surface area contributed by atoms with Crippen LogP contribution in [-0.2, 0) is 19.4 Å². The molecule has 98 valence electrons. The first-order valence-corrected chi connectivity index (χ1v) is 7.03. The molecule has 8 heteroatoms. The molecule has 1 N–H and O–H groups in total. The minimum Gasteiger partial charge on any atom is -0.480 e. The average molecular weight is 265 g/mol. The Morgan fingerprint density at radius 1 is 1.47 bits per heavy atom. The smallest absolute Gasteiger partial charge is 0.410 e. The molecule has 0 aliphatic carbocycles. The Bertz CT molecular complexity index is 404. The van der Waals surface area contributed by atoms with Crippen LogP contribution >= 0.6 is 0 Å². The van der Waals surface area contributed by atoms with Crippen LogP contribution < -0.4 is 0 Å². The number of aliphatic carboxylic acids is 1. The fourth-order valence-electron chi connectivity index (χ4n) is 1.72. The predicted octanol–water partition coefficient (Wildman–Crippen LogP) is -0.283. The molecule has 0 saturated carbocycles. The number of hydrogen-bond acceptors (Lipinski definition) is 5. The van der Waals surface area contributed by atoms with E-state index < -0.39 is 34.5 Å². The third-order valence-electron chi connectivity index (χ3n) is 2.46. The van der Waals surface area contributed by atoms with Gasteiger partial charge in [0.05, 0.1) is 24.2 Å². The van der Waals surface area contributed by atoms with E-state index in [1.165, 1.54) is 0 Å². The zero-order valence-electron chi connectivity index (χ0n) is 9.46. The van der Waals surface area contributed by atoms with Gasteiger partial charge in [0.2, 0.25) is 0 Å². The molecule has 1 aliphatic rings. The molecule has 0 aromatic heterocycles. The summed E-state index contributed by atoms with van der Waals surface area (Å²) in [6, 6.07) is -0.602. The molecule has 1 atom stereocenters.